The van der Waals surface area contributed by atoms with Crippen molar-refractivity contribution in [3.05, 3.63) is 46.1 Å². The lowest BCUT2D eigenvalue weighted by Gasteiger charge is -2.12. The van der Waals surface area contributed by atoms with E-state index in [1.165, 1.54) is 11.3 Å². The van der Waals surface area contributed by atoms with E-state index in [4.69, 9.17) is 14.0 Å². The second kappa shape index (κ2) is 7.50. The predicted octanol–water partition coefficient (Wildman–Crippen LogP) is 3.37. The summed E-state index contributed by atoms with van der Waals surface area (Å²) in [5, 5.41) is 7.62. The van der Waals surface area contributed by atoms with E-state index in [2.05, 4.69) is 15.5 Å². The Morgan fingerprint density at radius 2 is 2.22 bits per heavy atom. The maximum atomic E-state index is 12.7. The summed E-state index contributed by atoms with van der Waals surface area (Å²) in [7, 11) is 1.60. The summed E-state index contributed by atoms with van der Waals surface area (Å²) < 4.78 is 16.3. The molecule has 27 heavy (non-hydrogen) atoms. The van der Waals surface area contributed by atoms with Crippen molar-refractivity contribution >= 4 is 22.2 Å². The van der Waals surface area contributed by atoms with E-state index in [1.54, 1.807) is 14.0 Å². The largest absolute Gasteiger partial charge is 0.496 e. The molecule has 1 aromatic carbocycles. The molecule has 1 aliphatic heterocycles. The summed E-state index contributed by atoms with van der Waals surface area (Å²) in [4.78, 5) is 18.1. The maximum absolute atomic E-state index is 12.7. The van der Waals surface area contributed by atoms with Crippen LogP contribution in [0.5, 0.6) is 5.75 Å². The number of methoxy groups -OCH3 is 1. The average molecular weight is 385 g/mol. The van der Waals surface area contributed by atoms with Gasteiger partial charge in [-0.15, -0.1) is 11.3 Å². The number of para-hydroxylation sites is 1. The number of carbonyl (C=O) groups is 1. The molecule has 140 valence electrons. The lowest BCUT2D eigenvalue weighted by Crippen LogP contribution is -2.15. The van der Waals surface area contributed by atoms with E-state index in [9.17, 15) is 4.79 Å². The topological polar surface area (TPSA) is 86.5 Å². The first-order valence-corrected chi connectivity index (χ1v) is 9.42. The molecule has 1 amide bonds. The van der Waals surface area contributed by atoms with Crippen molar-refractivity contribution in [2.75, 3.05) is 19.0 Å². The van der Waals surface area contributed by atoms with Crippen LogP contribution in [-0.4, -0.2) is 29.8 Å². The highest BCUT2D eigenvalue weighted by molar-refractivity contribution is 7.17. The van der Waals surface area contributed by atoms with Crippen LogP contribution in [0.2, 0.25) is 0 Å². The quantitative estimate of drug-likeness (QED) is 0.725. The number of fused-ring (bicyclic) bond motifs is 1. The standard InChI is InChI=1S/C19H19N3O4S/c1-11-20-18(26-22-11)17-13-7-8-25-10-15(13)27-19(17)21-16(23)9-12-5-3-4-6-14(12)24-2/h3-6H,7-10H2,1-2H3,(H,21,23). The predicted molar refractivity (Wildman–Crippen MR) is 101 cm³/mol. The minimum atomic E-state index is -0.128. The molecule has 4 rings (SSSR count). The summed E-state index contributed by atoms with van der Waals surface area (Å²) in [5.74, 6) is 1.55. The lowest BCUT2D eigenvalue weighted by atomic mass is 10.1. The van der Waals surface area contributed by atoms with Crippen LogP contribution < -0.4 is 10.1 Å². The van der Waals surface area contributed by atoms with Crippen LogP contribution in [0.25, 0.3) is 11.5 Å². The Bertz CT molecular complexity index is 979. The van der Waals surface area contributed by atoms with Gasteiger partial charge in [0.25, 0.3) is 5.89 Å². The molecule has 3 aromatic rings. The summed E-state index contributed by atoms with van der Waals surface area (Å²) in [6.07, 6.45) is 0.969. The van der Waals surface area contributed by atoms with Crippen LogP contribution in [0, 0.1) is 6.92 Å². The summed E-state index contributed by atoms with van der Waals surface area (Å²) in [6, 6.07) is 7.49. The normalized spacial score (nSPS) is 13.3. The van der Waals surface area contributed by atoms with Crippen molar-refractivity contribution in [2.24, 2.45) is 0 Å². The Kier molecular flexibility index (Phi) is 4.91. The van der Waals surface area contributed by atoms with Gasteiger partial charge in [-0.1, -0.05) is 23.4 Å². The maximum Gasteiger partial charge on any atom is 0.261 e. The van der Waals surface area contributed by atoms with E-state index in [1.807, 2.05) is 24.3 Å². The van der Waals surface area contributed by atoms with Gasteiger partial charge in [0.05, 0.1) is 32.3 Å². The summed E-state index contributed by atoms with van der Waals surface area (Å²) >= 11 is 1.50. The van der Waals surface area contributed by atoms with Gasteiger partial charge >= 0.3 is 0 Å². The zero-order valence-electron chi connectivity index (χ0n) is 15.1. The third-order valence-corrected chi connectivity index (χ3v) is 5.48. The third kappa shape index (κ3) is 3.58. The second-order valence-corrected chi connectivity index (χ2v) is 7.30. The Hall–Kier alpha value is -2.71. The number of aryl methyl sites for hydroxylation is 1. The van der Waals surface area contributed by atoms with Gasteiger partial charge in [0, 0.05) is 10.4 Å². The van der Waals surface area contributed by atoms with Crippen molar-refractivity contribution in [1.29, 1.82) is 0 Å². The van der Waals surface area contributed by atoms with E-state index in [-0.39, 0.29) is 12.3 Å². The fourth-order valence-corrected chi connectivity index (χ4v) is 4.33. The first-order chi connectivity index (χ1) is 13.2. The molecular formula is C19H19N3O4S. The highest BCUT2D eigenvalue weighted by Crippen LogP contribution is 2.42. The molecule has 1 N–H and O–H groups in total. The van der Waals surface area contributed by atoms with Crippen LogP contribution >= 0.6 is 11.3 Å². The van der Waals surface area contributed by atoms with Gasteiger partial charge in [-0.2, -0.15) is 4.98 Å². The molecular weight excluding hydrogens is 366 g/mol. The Balaban J connectivity index is 1.63. The van der Waals surface area contributed by atoms with Crippen molar-refractivity contribution in [3.8, 4) is 17.2 Å². The molecule has 7 nitrogen and oxygen atoms in total. The number of hydrogen-bond donors (Lipinski definition) is 1. The SMILES string of the molecule is COc1ccccc1CC(=O)Nc1sc2c(c1-c1nc(C)no1)CCOC2. The Labute approximate surface area is 160 Å². The van der Waals surface area contributed by atoms with Crippen molar-refractivity contribution < 1.29 is 18.8 Å². The number of anilines is 1. The zero-order chi connectivity index (χ0) is 18.8. The first kappa shape index (κ1) is 17.7. The van der Waals surface area contributed by atoms with Crippen LogP contribution in [0.1, 0.15) is 21.8 Å². The molecule has 0 unspecified atom stereocenters. The number of benzene rings is 1. The van der Waals surface area contributed by atoms with Gasteiger partial charge in [0.15, 0.2) is 5.82 Å². The molecule has 0 radical (unpaired) electrons. The summed E-state index contributed by atoms with van der Waals surface area (Å²) in [5.41, 5.74) is 2.76. The second-order valence-electron chi connectivity index (χ2n) is 6.19. The van der Waals surface area contributed by atoms with Crippen molar-refractivity contribution in [1.82, 2.24) is 10.1 Å². The van der Waals surface area contributed by atoms with Crippen molar-refractivity contribution in [2.45, 2.75) is 26.4 Å². The molecule has 0 saturated heterocycles. The van der Waals surface area contributed by atoms with Gasteiger partial charge in [0.1, 0.15) is 10.8 Å². The zero-order valence-corrected chi connectivity index (χ0v) is 15.9. The number of amides is 1. The van der Waals surface area contributed by atoms with Gasteiger partial charge in [-0.3, -0.25) is 4.79 Å². The fourth-order valence-electron chi connectivity index (χ4n) is 3.14. The van der Waals surface area contributed by atoms with Crippen molar-refractivity contribution in [3.63, 3.8) is 0 Å². The number of aromatic nitrogens is 2. The number of rotatable bonds is 5. The van der Waals surface area contributed by atoms with Gasteiger partial charge in [-0.05, 0) is 25.0 Å². The van der Waals surface area contributed by atoms with Crippen LogP contribution in [0.3, 0.4) is 0 Å². The molecule has 0 spiro atoms. The van der Waals surface area contributed by atoms with Crippen LogP contribution in [0.4, 0.5) is 5.00 Å². The first-order valence-electron chi connectivity index (χ1n) is 8.60. The number of ether oxygens (including phenoxy) is 2. The van der Waals surface area contributed by atoms with E-state index < -0.39 is 0 Å². The smallest absolute Gasteiger partial charge is 0.261 e. The molecule has 0 fully saturated rings. The summed E-state index contributed by atoms with van der Waals surface area (Å²) in [6.45, 7) is 2.94. The molecule has 0 aliphatic carbocycles. The number of nitrogens with zero attached hydrogens (tertiary/aromatic N) is 2. The molecule has 1 aliphatic rings. The number of hydrogen-bond acceptors (Lipinski definition) is 7. The lowest BCUT2D eigenvalue weighted by molar-refractivity contribution is -0.115. The van der Waals surface area contributed by atoms with Crippen LogP contribution in [0.15, 0.2) is 28.8 Å². The molecule has 2 aromatic heterocycles. The molecule has 0 atom stereocenters. The Morgan fingerprint density at radius 3 is 3.00 bits per heavy atom. The molecule has 3 heterocycles. The van der Waals surface area contributed by atoms with E-state index >= 15 is 0 Å². The molecule has 0 saturated carbocycles. The van der Waals surface area contributed by atoms with Crippen LogP contribution in [-0.2, 0) is 29.0 Å². The monoisotopic (exact) mass is 385 g/mol. The number of carbonyl (C=O) groups excluding carboxylic acids is 1. The van der Waals surface area contributed by atoms with E-state index in [0.717, 1.165) is 28.0 Å². The van der Waals surface area contributed by atoms with Gasteiger partial charge in [-0.25, -0.2) is 0 Å². The van der Waals surface area contributed by atoms with E-state index in [0.29, 0.717) is 35.7 Å². The Morgan fingerprint density at radius 1 is 1.37 bits per heavy atom. The minimum Gasteiger partial charge on any atom is -0.496 e. The van der Waals surface area contributed by atoms with Gasteiger partial charge < -0.3 is 19.3 Å². The average Bonchev–Trinajstić information content (AvgIpc) is 3.24. The molecule has 0 bridgehead atoms. The fraction of sp³-hybridized carbons (Fsp3) is 0.316. The molecule has 8 heteroatoms. The highest BCUT2D eigenvalue weighted by Gasteiger charge is 2.26. The number of thiophene rings is 1. The van der Waals surface area contributed by atoms with Gasteiger partial charge in [0.2, 0.25) is 5.91 Å². The number of nitrogens with one attached hydrogen (secondary N) is 1. The minimum absolute atomic E-state index is 0.128. The third-order valence-electron chi connectivity index (χ3n) is 4.36. The highest BCUT2D eigenvalue weighted by atomic mass is 32.1.